The third kappa shape index (κ3) is 3.78. The molecule has 1 aromatic carbocycles. The second kappa shape index (κ2) is 7.94. The first-order chi connectivity index (χ1) is 15.4. The van der Waals surface area contributed by atoms with E-state index >= 15 is 0 Å². The lowest BCUT2D eigenvalue weighted by atomic mass is 9.89. The van der Waals surface area contributed by atoms with Gasteiger partial charge in [-0.25, -0.2) is 4.99 Å². The maximum atomic E-state index is 11.4. The molecular weight excluding hydrogens is 428 g/mol. The van der Waals surface area contributed by atoms with Crippen LogP contribution in [0.4, 0.5) is 0 Å². The predicted octanol–water partition coefficient (Wildman–Crippen LogP) is 3.73. The van der Waals surface area contributed by atoms with Crippen LogP contribution in [0.3, 0.4) is 0 Å². The lowest BCUT2D eigenvalue weighted by molar-refractivity contribution is -0.141. The molecule has 1 fully saturated rings. The molecule has 0 bridgehead atoms. The number of hydrogen-bond donors (Lipinski definition) is 3. The van der Waals surface area contributed by atoms with Crippen LogP contribution in [0.5, 0.6) is 0 Å². The standard InChI is InChI=1S/C25H25ClN2O4/c1-14-2-7-17(10-18(14)23(30)31)32-24-27-21-11-19(20(26)12-22(21)28-24)15-3-5-16(6-4-15)25(13-29)8-9-25/h2-7,10-12,14,18,21-22,29H,8-9,13H2,1H3,(H,27,28)(H,30,31). The number of carboxylic acids is 1. The van der Waals surface area contributed by atoms with Crippen molar-refractivity contribution in [3.8, 4) is 0 Å². The first kappa shape index (κ1) is 21.0. The van der Waals surface area contributed by atoms with Crippen LogP contribution >= 0.6 is 11.6 Å². The molecule has 0 spiro atoms. The van der Waals surface area contributed by atoms with E-state index in [0.717, 1.165) is 29.5 Å². The van der Waals surface area contributed by atoms with Crippen molar-refractivity contribution in [1.82, 2.24) is 5.32 Å². The van der Waals surface area contributed by atoms with Crippen LogP contribution in [-0.4, -0.2) is 40.9 Å². The van der Waals surface area contributed by atoms with Crippen LogP contribution in [0.25, 0.3) is 5.57 Å². The molecule has 4 atom stereocenters. The maximum Gasteiger partial charge on any atom is 0.311 e. The number of hydrogen-bond acceptors (Lipinski definition) is 5. The zero-order valence-corrected chi connectivity index (χ0v) is 18.4. The Labute approximate surface area is 191 Å². The molecular formula is C25H25ClN2O4. The van der Waals surface area contributed by atoms with Crippen LogP contribution in [0.15, 0.2) is 70.4 Å². The van der Waals surface area contributed by atoms with Gasteiger partial charge in [-0.15, -0.1) is 0 Å². The molecule has 3 N–H and O–H groups in total. The number of allylic oxidation sites excluding steroid dienone is 4. The zero-order chi connectivity index (χ0) is 22.5. The second-order valence-electron chi connectivity index (χ2n) is 8.96. The van der Waals surface area contributed by atoms with E-state index in [2.05, 4.69) is 22.4 Å². The number of benzene rings is 1. The minimum atomic E-state index is -0.877. The van der Waals surface area contributed by atoms with E-state index < -0.39 is 11.9 Å². The van der Waals surface area contributed by atoms with Crippen molar-refractivity contribution in [1.29, 1.82) is 0 Å². The van der Waals surface area contributed by atoms with Gasteiger partial charge in [0.1, 0.15) is 5.76 Å². The zero-order valence-electron chi connectivity index (χ0n) is 17.7. The Morgan fingerprint density at radius 3 is 2.66 bits per heavy atom. The summed E-state index contributed by atoms with van der Waals surface area (Å²) in [5.41, 5.74) is 3.02. The van der Waals surface area contributed by atoms with Crippen molar-refractivity contribution in [2.24, 2.45) is 16.8 Å². The van der Waals surface area contributed by atoms with Crippen LogP contribution < -0.4 is 5.32 Å². The molecule has 4 unspecified atom stereocenters. The van der Waals surface area contributed by atoms with Gasteiger partial charge in [0.15, 0.2) is 0 Å². The smallest absolute Gasteiger partial charge is 0.311 e. The number of ether oxygens (including phenoxy) is 1. The Bertz CT molecular complexity index is 1100. The van der Waals surface area contributed by atoms with E-state index in [4.69, 9.17) is 16.3 Å². The van der Waals surface area contributed by atoms with E-state index in [1.54, 1.807) is 12.2 Å². The van der Waals surface area contributed by atoms with Crippen LogP contribution in [0.2, 0.25) is 0 Å². The number of carbonyl (C=O) groups is 1. The SMILES string of the molecule is CC1C=CC(OC2=NC3C=C(c4ccc(C5(CO)CC5)cc4)C(Cl)=CC3N2)=CC1C(=O)O. The molecule has 1 saturated carbocycles. The molecule has 3 aliphatic carbocycles. The largest absolute Gasteiger partial charge is 0.481 e. The Morgan fingerprint density at radius 1 is 1.25 bits per heavy atom. The van der Waals surface area contributed by atoms with Gasteiger partial charge in [-0.3, -0.25) is 4.79 Å². The van der Waals surface area contributed by atoms with Crippen molar-refractivity contribution < 1.29 is 19.7 Å². The molecule has 1 heterocycles. The molecule has 4 aliphatic rings. The van der Waals surface area contributed by atoms with Gasteiger partial charge in [-0.1, -0.05) is 48.9 Å². The third-order valence-electron chi connectivity index (χ3n) is 6.78. The number of amidine groups is 1. The summed E-state index contributed by atoms with van der Waals surface area (Å²) in [5, 5.41) is 22.9. The number of nitrogens with one attached hydrogen (secondary N) is 1. The van der Waals surface area contributed by atoms with Crippen LogP contribution in [-0.2, 0) is 14.9 Å². The highest BCUT2D eigenvalue weighted by atomic mass is 35.5. The van der Waals surface area contributed by atoms with Crippen molar-refractivity contribution in [3.63, 3.8) is 0 Å². The van der Waals surface area contributed by atoms with E-state index in [1.165, 1.54) is 0 Å². The monoisotopic (exact) mass is 452 g/mol. The fourth-order valence-corrected chi connectivity index (χ4v) is 4.78. The fourth-order valence-electron chi connectivity index (χ4n) is 4.47. The number of carboxylic acid groups (broad SMARTS) is 1. The summed E-state index contributed by atoms with van der Waals surface area (Å²) in [6, 6.07) is 8.29. The maximum absolute atomic E-state index is 11.4. The van der Waals surface area contributed by atoms with Crippen molar-refractivity contribution >= 4 is 29.2 Å². The van der Waals surface area contributed by atoms with Crippen molar-refractivity contribution in [2.45, 2.75) is 37.3 Å². The summed E-state index contributed by atoms with van der Waals surface area (Å²) in [4.78, 5) is 16.1. The van der Waals surface area contributed by atoms with Gasteiger partial charge >= 0.3 is 5.97 Å². The number of aliphatic carboxylic acids is 1. The van der Waals surface area contributed by atoms with Gasteiger partial charge in [0.05, 0.1) is 24.6 Å². The van der Waals surface area contributed by atoms with Crippen LogP contribution in [0.1, 0.15) is 30.9 Å². The van der Waals surface area contributed by atoms with Crippen LogP contribution in [0, 0.1) is 11.8 Å². The van der Waals surface area contributed by atoms with Gasteiger partial charge < -0.3 is 20.3 Å². The van der Waals surface area contributed by atoms with E-state index in [0.29, 0.717) is 16.8 Å². The van der Waals surface area contributed by atoms with Gasteiger partial charge in [0.2, 0.25) is 0 Å². The summed E-state index contributed by atoms with van der Waals surface area (Å²) in [7, 11) is 0. The topological polar surface area (TPSA) is 91.2 Å². The average molecular weight is 453 g/mol. The number of aliphatic imine (C=N–C) groups is 1. The summed E-state index contributed by atoms with van der Waals surface area (Å²) in [6.07, 6.45) is 11.2. The quantitative estimate of drug-likeness (QED) is 0.633. The van der Waals surface area contributed by atoms with E-state index in [-0.39, 0.29) is 30.0 Å². The summed E-state index contributed by atoms with van der Waals surface area (Å²) >= 11 is 6.60. The Balaban J connectivity index is 1.33. The molecule has 32 heavy (non-hydrogen) atoms. The molecule has 5 rings (SSSR count). The first-order valence-electron chi connectivity index (χ1n) is 10.8. The minimum absolute atomic E-state index is 0.0597. The van der Waals surface area contributed by atoms with E-state index in [9.17, 15) is 15.0 Å². The lowest BCUT2D eigenvalue weighted by Crippen LogP contribution is -2.35. The lowest BCUT2D eigenvalue weighted by Gasteiger charge is -2.21. The highest BCUT2D eigenvalue weighted by Gasteiger charge is 2.43. The molecule has 7 heteroatoms. The first-order valence-corrected chi connectivity index (χ1v) is 11.2. The number of fused-ring (bicyclic) bond motifs is 1. The normalized spacial score (nSPS) is 29.7. The Morgan fingerprint density at radius 2 is 2.00 bits per heavy atom. The Kier molecular flexibility index (Phi) is 5.22. The summed E-state index contributed by atoms with van der Waals surface area (Å²) in [6.45, 7) is 2.04. The number of rotatable bonds is 5. The fraction of sp³-hybridized carbons (Fsp3) is 0.360. The van der Waals surface area contributed by atoms with E-state index in [1.807, 2.05) is 37.3 Å². The molecule has 166 valence electrons. The number of nitrogens with zero attached hydrogens (tertiary/aromatic N) is 1. The molecule has 1 aromatic rings. The summed E-state index contributed by atoms with van der Waals surface area (Å²) in [5.74, 6) is -1.12. The molecule has 6 nitrogen and oxygen atoms in total. The number of aliphatic hydroxyl groups is 1. The minimum Gasteiger partial charge on any atom is -0.481 e. The molecule has 0 radical (unpaired) electrons. The number of aliphatic hydroxyl groups excluding tert-OH is 1. The van der Waals surface area contributed by atoms with Gasteiger partial charge in [-0.2, -0.15) is 0 Å². The van der Waals surface area contributed by atoms with Crippen molar-refractivity contribution in [2.75, 3.05) is 6.61 Å². The Hall–Kier alpha value is -2.83. The predicted molar refractivity (Wildman–Crippen MR) is 123 cm³/mol. The van der Waals surface area contributed by atoms with Gasteiger partial charge in [0.25, 0.3) is 6.02 Å². The van der Waals surface area contributed by atoms with Gasteiger partial charge in [-0.05, 0) is 59.8 Å². The second-order valence-corrected chi connectivity index (χ2v) is 9.37. The molecule has 0 aromatic heterocycles. The molecule has 0 amide bonds. The summed E-state index contributed by atoms with van der Waals surface area (Å²) < 4.78 is 5.85. The highest BCUT2D eigenvalue weighted by Crippen LogP contribution is 2.48. The highest BCUT2D eigenvalue weighted by molar-refractivity contribution is 6.37. The average Bonchev–Trinajstić information content (AvgIpc) is 3.49. The molecule has 1 aliphatic heterocycles. The number of halogens is 1. The van der Waals surface area contributed by atoms with Gasteiger partial charge in [0, 0.05) is 10.4 Å². The molecule has 0 saturated heterocycles. The third-order valence-corrected chi connectivity index (χ3v) is 7.11. The van der Waals surface area contributed by atoms with Crippen molar-refractivity contribution in [3.05, 3.63) is 76.6 Å².